The third-order valence-corrected chi connectivity index (χ3v) is 3.43. The minimum absolute atomic E-state index is 0.104. The third-order valence-electron chi connectivity index (χ3n) is 3.43. The molecule has 0 aromatic heterocycles. The van der Waals surface area contributed by atoms with Crippen molar-refractivity contribution in [2.45, 2.75) is 12.8 Å². The molecular formula is C19H18F3NO3. The fourth-order valence-electron chi connectivity index (χ4n) is 2.14. The van der Waals surface area contributed by atoms with Crippen LogP contribution >= 0.6 is 0 Å². The summed E-state index contributed by atoms with van der Waals surface area (Å²) in [6, 6.07) is 12.4. The molecule has 1 N–H and O–H groups in total. The number of rotatable bonds is 6. The number of halogens is 3. The molecule has 0 unspecified atom stereocenters. The summed E-state index contributed by atoms with van der Waals surface area (Å²) in [6.07, 6.45) is -2.09. The molecule has 0 bridgehead atoms. The summed E-state index contributed by atoms with van der Waals surface area (Å²) in [5, 5.41) is 2.49. The van der Waals surface area contributed by atoms with E-state index in [0.717, 1.165) is 17.7 Å². The van der Waals surface area contributed by atoms with Crippen LogP contribution in [0.2, 0.25) is 0 Å². The van der Waals surface area contributed by atoms with Crippen molar-refractivity contribution in [1.29, 1.82) is 0 Å². The Morgan fingerprint density at radius 2 is 1.88 bits per heavy atom. The minimum atomic E-state index is -4.44. The number of carbonyl (C=O) groups is 1. The van der Waals surface area contributed by atoms with Gasteiger partial charge in [-0.25, -0.2) is 4.79 Å². The van der Waals surface area contributed by atoms with Gasteiger partial charge in [0, 0.05) is 12.1 Å². The average molecular weight is 365 g/mol. The highest BCUT2D eigenvalue weighted by atomic mass is 19.4. The van der Waals surface area contributed by atoms with Crippen molar-refractivity contribution in [3.8, 4) is 5.75 Å². The Balaban J connectivity index is 1.88. The number of carbonyl (C=O) groups excluding carboxylic acids is 1. The average Bonchev–Trinajstić information content (AvgIpc) is 2.63. The number of methoxy groups -OCH3 is 1. The zero-order valence-corrected chi connectivity index (χ0v) is 14.0. The first-order chi connectivity index (χ1) is 12.4. The molecule has 0 aliphatic rings. The van der Waals surface area contributed by atoms with Gasteiger partial charge in [0.05, 0.1) is 12.7 Å². The molecular weight excluding hydrogens is 347 g/mol. The van der Waals surface area contributed by atoms with Gasteiger partial charge >= 0.3 is 12.3 Å². The molecule has 4 nitrogen and oxygen atoms in total. The van der Waals surface area contributed by atoms with Crippen molar-refractivity contribution >= 4 is 12.2 Å². The molecule has 1 amide bonds. The van der Waals surface area contributed by atoms with E-state index < -0.39 is 17.8 Å². The number of amides is 1. The molecule has 138 valence electrons. The SMILES string of the molecule is COc1ccc(C(F)(F)F)cc1C=CCNC(=O)OCc1ccccc1. The quantitative estimate of drug-likeness (QED) is 0.810. The van der Waals surface area contributed by atoms with E-state index in [0.29, 0.717) is 5.75 Å². The molecule has 7 heteroatoms. The number of hydrogen-bond acceptors (Lipinski definition) is 3. The topological polar surface area (TPSA) is 47.6 Å². The Hall–Kier alpha value is -2.96. The number of nitrogens with one attached hydrogen (secondary N) is 1. The van der Waals surface area contributed by atoms with Crippen LogP contribution in [-0.4, -0.2) is 19.7 Å². The predicted octanol–water partition coefficient (Wildman–Crippen LogP) is 4.65. The molecule has 2 rings (SSSR count). The minimum Gasteiger partial charge on any atom is -0.496 e. The summed E-state index contributed by atoms with van der Waals surface area (Å²) in [7, 11) is 1.37. The third kappa shape index (κ3) is 5.84. The fraction of sp³-hybridized carbons (Fsp3) is 0.211. The second-order valence-electron chi connectivity index (χ2n) is 5.30. The largest absolute Gasteiger partial charge is 0.496 e. The second kappa shape index (κ2) is 8.94. The lowest BCUT2D eigenvalue weighted by Crippen LogP contribution is -2.24. The molecule has 0 saturated heterocycles. The Kier molecular flexibility index (Phi) is 6.66. The van der Waals surface area contributed by atoms with Gasteiger partial charge in [0.1, 0.15) is 12.4 Å². The van der Waals surface area contributed by atoms with Crippen LogP contribution in [0, 0.1) is 0 Å². The number of hydrogen-bond donors (Lipinski definition) is 1. The normalized spacial score (nSPS) is 11.4. The maximum atomic E-state index is 12.8. The van der Waals surface area contributed by atoms with Crippen molar-refractivity contribution in [2.75, 3.05) is 13.7 Å². The highest BCUT2D eigenvalue weighted by Gasteiger charge is 2.30. The Labute approximate surface area is 149 Å². The van der Waals surface area contributed by atoms with E-state index in [2.05, 4.69) is 5.32 Å². The van der Waals surface area contributed by atoms with Gasteiger partial charge in [0.15, 0.2) is 0 Å². The van der Waals surface area contributed by atoms with E-state index in [1.807, 2.05) is 30.3 Å². The number of ether oxygens (including phenoxy) is 2. The Bertz CT molecular complexity index is 758. The summed E-state index contributed by atoms with van der Waals surface area (Å²) < 4.78 is 48.4. The van der Waals surface area contributed by atoms with Crippen LogP contribution < -0.4 is 10.1 Å². The highest BCUT2D eigenvalue weighted by molar-refractivity contribution is 5.68. The zero-order valence-electron chi connectivity index (χ0n) is 14.0. The molecule has 2 aromatic carbocycles. The van der Waals surface area contributed by atoms with Crippen molar-refractivity contribution in [1.82, 2.24) is 5.32 Å². The second-order valence-corrected chi connectivity index (χ2v) is 5.30. The molecule has 0 radical (unpaired) electrons. The van der Waals surface area contributed by atoms with Gasteiger partial charge < -0.3 is 14.8 Å². The first-order valence-corrected chi connectivity index (χ1v) is 7.76. The lowest BCUT2D eigenvalue weighted by molar-refractivity contribution is -0.137. The van der Waals surface area contributed by atoms with Crippen LogP contribution in [0.3, 0.4) is 0 Å². The Morgan fingerprint density at radius 1 is 1.15 bits per heavy atom. The molecule has 0 saturated carbocycles. The first kappa shape index (κ1) is 19.4. The van der Waals surface area contributed by atoms with Crippen LogP contribution in [0.15, 0.2) is 54.6 Å². The summed E-state index contributed by atoms with van der Waals surface area (Å²) in [4.78, 5) is 11.6. The van der Waals surface area contributed by atoms with E-state index in [9.17, 15) is 18.0 Å². The van der Waals surface area contributed by atoms with Gasteiger partial charge in [-0.05, 0) is 23.8 Å². The lowest BCUT2D eigenvalue weighted by atomic mass is 10.1. The van der Waals surface area contributed by atoms with Crippen LogP contribution in [0.25, 0.3) is 6.08 Å². The predicted molar refractivity (Wildman–Crippen MR) is 91.7 cm³/mol. The standard InChI is InChI=1S/C19H18F3NO3/c1-25-17-10-9-16(19(20,21)22)12-15(17)8-5-11-23-18(24)26-13-14-6-3-2-4-7-14/h2-10,12H,11,13H2,1H3,(H,23,24). The first-order valence-electron chi connectivity index (χ1n) is 7.76. The molecule has 2 aromatic rings. The molecule has 0 fully saturated rings. The summed E-state index contributed by atoms with van der Waals surface area (Å²) in [6.45, 7) is 0.241. The van der Waals surface area contributed by atoms with Crippen molar-refractivity contribution in [3.05, 3.63) is 71.3 Å². The van der Waals surface area contributed by atoms with E-state index in [1.54, 1.807) is 0 Å². The van der Waals surface area contributed by atoms with Crippen LogP contribution in [-0.2, 0) is 17.5 Å². The number of benzene rings is 2. The number of alkyl halides is 3. The monoisotopic (exact) mass is 365 g/mol. The van der Waals surface area contributed by atoms with Gasteiger partial charge in [0.25, 0.3) is 0 Å². The van der Waals surface area contributed by atoms with Crippen LogP contribution in [0.5, 0.6) is 5.75 Å². The smallest absolute Gasteiger partial charge is 0.416 e. The number of alkyl carbamates (subject to hydrolysis) is 1. The van der Waals surface area contributed by atoms with Crippen LogP contribution in [0.1, 0.15) is 16.7 Å². The van der Waals surface area contributed by atoms with Gasteiger partial charge in [-0.15, -0.1) is 0 Å². The maximum Gasteiger partial charge on any atom is 0.416 e. The van der Waals surface area contributed by atoms with Crippen molar-refractivity contribution in [2.24, 2.45) is 0 Å². The molecule has 0 atom stereocenters. The highest BCUT2D eigenvalue weighted by Crippen LogP contribution is 2.32. The molecule has 0 spiro atoms. The maximum absolute atomic E-state index is 12.8. The van der Waals surface area contributed by atoms with Gasteiger partial charge in [-0.2, -0.15) is 13.2 Å². The summed E-state index contributed by atoms with van der Waals surface area (Å²) in [5.74, 6) is 0.306. The fourth-order valence-corrected chi connectivity index (χ4v) is 2.14. The molecule has 26 heavy (non-hydrogen) atoms. The van der Waals surface area contributed by atoms with Crippen LogP contribution in [0.4, 0.5) is 18.0 Å². The van der Waals surface area contributed by atoms with Gasteiger partial charge in [-0.3, -0.25) is 0 Å². The summed E-state index contributed by atoms with van der Waals surface area (Å²) in [5.41, 5.74) is 0.349. The van der Waals surface area contributed by atoms with E-state index in [1.165, 1.54) is 25.3 Å². The van der Waals surface area contributed by atoms with Crippen molar-refractivity contribution in [3.63, 3.8) is 0 Å². The van der Waals surface area contributed by atoms with E-state index in [-0.39, 0.29) is 18.7 Å². The summed E-state index contributed by atoms with van der Waals surface area (Å²) >= 11 is 0. The van der Waals surface area contributed by atoms with Gasteiger partial charge in [-0.1, -0.05) is 42.5 Å². The molecule has 0 aliphatic heterocycles. The van der Waals surface area contributed by atoms with E-state index in [4.69, 9.17) is 9.47 Å². The van der Waals surface area contributed by atoms with E-state index >= 15 is 0 Å². The molecule has 0 heterocycles. The zero-order chi connectivity index (χ0) is 19.0. The van der Waals surface area contributed by atoms with Gasteiger partial charge in [0.2, 0.25) is 0 Å². The molecule has 0 aliphatic carbocycles. The lowest BCUT2D eigenvalue weighted by Gasteiger charge is -2.10. The Morgan fingerprint density at radius 3 is 2.54 bits per heavy atom. The van der Waals surface area contributed by atoms with Crippen molar-refractivity contribution < 1.29 is 27.4 Å².